The van der Waals surface area contributed by atoms with Crippen LogP contribution in [0, 0.1) is 5.92 Å². The topological polar surface area (TPSA) is 48.1 Å². The van der Waals surface area contributed by atoms with Crippen LogP contribution >= 0.6 is 0 Å². The molecule has 0 saturated heterocycles. The molecule has 2 aromatic rings. The van der Waals surface area contributed by atoms with Crippen molar-refractivity contribution in [2.45, 2.75) is 26.2 Å². The number of nitrogens with one attached hydrogen (secondary N) is 2. The Morgan fingerprint density at radius 3 is 3.00 bits per heavy atom. The normalized spacial score (nSPS) is 17.7. The molecule has 4 heteroatoms. The summed E-state index contributed by atoms with van der Waals surface area (Å²) in [5, 5.41) is 4.21. The number of nitrogens with zero attached hydrogens (tertiary/aromatic N) is 1. The minimum Gasteiger partial charge on any atom is -0.358 e. The van der Waals surface area contributed by atoms with Gasteiger partial charge in [0.25, 0.3) is 5.91 Å². The third kappa shape index (κ3) is 3.02. The van der Waals surface area contributed by atoms with Gasteiger partial charge in [-0.05, 0) is 63.0 Å². The standard InChI is InChI=1S/C18H25N3O/c1-12-4-6-16-14(10-12)15-11-13(5-7-17(15)20-16)18(22)19-8-9-21(2)3/h5,7,11-12,20H,4,6,8-10H2,1-3H3,(H,19,22)/t12-/m0/s1. The Hall–Kier alpha value is -1.81. The summed E-state index contributed by atoms with van der Waals surface area (Å²) in [5.41, 5.74) is 4.69. The van der Waals surface area contributed by atoms with Crippen molar-refractivity contribution in [3.05, 3.63) is 35.0 Å². The second kappa shape index (κ2) is 6.13. The maximum Gasteiger partial charge on any atom is 0.251 e. The Balaban J connectivity index is 1.83. The molecule has 0 bridgehead atoms. The van der Waals surface area contributed by atoms with E-state index in [9.17, 15) is 4.79 Å². The third-order valence-electron chi connectivity index (χ3n) is 4.54. The molecule has 1 aliphatic rings. The number of hydrogen-bond donors (Lipinski definition) is 2. The van der Waals surface area contributed by atoms with Gasteiger partial charge in [-0.25, -0.2) is 0 Å². The lowest BCUT2D eigenvalue weighted by atomic mass is 9.87. The number of fused-ring (bicyclic) bond motifs is 3. The van der Waals surface area contributed by atoms with E-state index in [1.165, 1.54) is 23.1 Å². The average molecular weight is 299 g/mol. The van der Waals surface area contributed by atoms with Crippen molar-refractivity contribution in [3.8, 4) is 0 Å². The highest BCUT2D eigenvalue weighted by Gasteiger charge is 2.20. The van der Waals surface area contributed by atoms with Gasteiger partial charge in [-0.15, -0.1) is 0 Å². The number of rotatable bonds is 4. The molecule has 0 saturated carbocycles. The number of carbonyl (C=O) groups is 1. The molecule has 1 atom stereocenters. The summed E-state index contributed by atoms with van der Waals surface area (Å²) in [6.45, 7) is 3.83. The Bertz CT molecular complexity index is 687. The van der Waals surface area contributed by atoms with E-state index in [1.807, 2.05) is 32.3 Å². The van der Waals surface area contributed by atoms with Crippen LogP contribution in [-0.4, -0.2) is 43.0 Å². The highest BCUT2D eigenvalue weighted by atomic mass is 16.1. The quantitative estimate of drug-likeness (QED) is 0.911. The van der Waals surface area contributed by atoms with Crippen LogP contribution in [0.5, 0.6) is 0 Å². The van der Waals surface area contributed by atoms with E-state index in [-0.39, 0.29) is 5.91 Å². The summed E-state index contributed by atoms with van der Waals surface area (Å²) in [4.78, 5) is 17.9. The van der Waals surface area contributed by atoms with E-state index in [2.05, 4.69) is 22.1 Å². The van der Waals surface area contributed by atoms with Crippen molar-refractivity contribution in [3.63, 3.8) is 0 Å². The Kier molecular flexibility index (Phi) is 4.21. The lowest BCUT2D eigenvalue weighted by Crippen LogP contribution is -2.31. The van der Waals surface area contributed by atoms with Gasteiger partial charge in [0.15, 0.2) is 0 Å². The fraction of sp³-hybridized carbons (Fsp3) is 0.500. The maximum atomic E-state index is 12.3. The summed E-state index contributed by atoms with van der Waals surface area (Å²) >= 11 is 0. The van der Waals surface area contributed by atoms with Gasteiger partial charge in [0, 0.05) is 35.2 Å². The van der Waals surface area contributed by atoms with Gasteiger partial charge in [-0.3, -0.25) is 4.79 Å². The van der Waals surface area contributed by atoms with Gasteiger partial charge >= 0.3 is 0 Å². The molecule has 2 N–H and O–H groups in total. The van der Waals surface area contributed by atoms with Crippen LogP contribution in [0.3, 0.4) is 0 Å². The lowest BCUT2D eigenvalue weighted by molar-refractivity contribution is 0.0951. The number of aromatic amines is 1. The first-order valence-electron chi connectivity index (χ1n) is 8.11. The molecule has 1 aliphatic carbocycles. The van der Waals surface area contributed by atoms with Gasteiger partial charge in [-0.2, -0.15) is 0 Å². The summed E-state index contributed by atoms with van der Waals surface area (Å²) in [6.07, 6.45) is 3.48. The maximum absolute atomic E-state index is 12.3. The largest absolute Gasteiger partial charge is 0.358 e. The first-order valence-corrected chi connectivity index (χ1v) is 8.11. The van der Waals surface area contributed by atoms with Crippen molar-refractivity contribution >= 4 is 16.8 Å². The first kappa shape index (κ1) is 15.1. The monoisotopic (exact) mass is 299 g/mol. The fourth-order valence-electron chi connectivity index (χ4n) is 3.23. The molecule has 0 radical (unpaired) electrons. The molecule has 0 fully saturated rings. The molecule has 0 spiro atoms. The molecular formula is C18H25N3O. The molecule has 3 rings (SSSR count). The lowest BCUT2D eigenvalue weighted by Gasteiger charge is -2.18. The Labute approximate surface area is 131 Å². The zero-order chi connectivity index (χ0) is 15.7. The molecular weight excluding hydrogens is 274 g/mol. The van der Waals surface area contributed by atoms with E-state index in [0.717, 1.165) is 36.4 Å². The van der Waals surface area contributed by atoms with Crippen LogP contribution in [0.4, 0.5) is 0 Å². The second-order valence-corrected chi connectivity index (χ2v) is 6.75. The molecule has 1 aromatic heterocycles. The van der Waals surface area contributed by atoms with Crippen LogP contribution in [0.25, 0.3) is 10.9 Å². The van der Waals surface area contributed by atoms with E-state index < -0.39 is 0 Å². The van der Waals surface area contributed by atoms with E-state index in [1.54, 1.807) is 0 Å². The molecule has 22 heavy (non-hydrogen) atoms. The second-order valence-electron chi connectivity index (χ2n) is 6.75. The number of aryl methyl sites for hydroxylation is 1. The van der Waals surface area contributed by atoms with Crippen molar-refractivity contribution < 1.29 is 4.79 Å². The minimum atomic E-state index is 0.0163. The van der Waals surface area contributed by atoms with E-state index in [4.69, 9.17) is 0 Å². The predicted molar refractivity (Wildman–Crippen MR) is 90.4 cm³/mol. The van der Waals surface area contributed by atoms with Gasteiger partial charge in [0.1, 0.15) is 0 Å². The van der Waals surface area contributed by atoms with Crippen molar-refractivity contribution in [2.75, 3.05) is 27.2 Å². The molecule has 0 unspecified atom stereocenters. The number of carbonyl (C=O) groups excluding carboxylic acids is 1. The molecule has 0 aliphatic heterocycles. The van der Waals surface area contributed by atoms with Crippen LogP contribution < -0.4 is 5.32 Å². The van der Waals surface area contributed by atoms with Gasteiger partial charge in [0.2, 0.25) is 0 Å². The van der Waals surface area contributed by atoms with Gasteiger partial charge in [0.05, 0.1) is 0 Å². The molecule has 4 nitrogen and oxygen atoms in total. The summed E-state index contributed by atoms with van der Waals surface area (Å²) in [6, 6.07) is 6.01. The Morgan fingerprint density at radius 1 is 1.41 bits per heavy atom. The van der Waals surface area contributed by atoms with Crippen LogP contribution in [-0.2, 0) is 12.8 Å². The summed E-state index contributed by atoms with van der Waals surface area (Å²) < 4.78 is 0. The fourth-order valence-corrected chi connectivity index (χ4v) is 3.23. The number of amides is 1. The van der Waals surface area contributed by atoms with E-state index >= 15 is 0 Å². The number of H-pyrrole nitrogens is 1. The summed E-state index contributed by atoms with van der Waals surface area (Å²) in [5.74, 6) is 0.742. The van der Waals surface area contributed by atoms with Crippen molar-refractivity contribution in [1.29, 1.82) is 0 Å². The summed E-state index contributed by atoms with van der Waals surface area (Å²) in [7, 11) is 4.01. The number of aromatic nitrogens is 1. The number of likely N-dealkylation sites (N-methyl/N-ethyl adjacent to an activating group) is 1. The minimum absolute atomic E-state index is 0.0163. The van der Waals surface area contributed by atoms with Gasteiger partial charge < -0.3 is 15.2 Å². The number of hydrogen-bond acceptors (Lipinski definition) is 2. The highest BCUT2D eigenvalue weighted by molar-refractivity contribution is 5.99. The smallest absolute Gasteiger partial charge is 0.251 e. The van der Waals surface area contributed by atoms with Crippen LogP contribution in [0.2, 0.25) is 0 Å². The SMILES string of the molecule is C[C@H]1CCc2[nH]c3ccc(C(=O)NCCN(C)C)cc3c2C1. The Morgan fingerprint density at radius 2 is 2.23 bits per heavy atom. The molecule has 1 heterocycles. The van der Waals surface area contributed by atoms with Crippen molar-refractivity contribution in [1.82, 2.24) is 15.2 Å². The highest BCUT2D eigenvalue weighted by Crippen LogP contribution is 2.32. The molecule has 1 aromatic carbocycles. The third-order valence-corrected chi connectivity index (χ3v) is 4.54. The number of benzene rings is 1. The van der Waals surface area contributed by atoms with Crippen LogP contribution in [0.15, 0.2) is 18.2 Å². The zero-order valence-corrected chi connectivity index (χ0v) is 13.7. The average Bonchev–Trinajstić information content (AvgIpc) is 2.84. The molecule has 118 valence electrons. The van der Waals surface area contributed by atoms with Gasteiger partial charge in [-0.1, -0.05) is 6.92 Å². The van der Waals surface area contributed by atoms with Crippen LogP contribution in [0.1, 0.15) is 35.0 Å². The molecule has 1 amide bonds. The first-order chi connectivity index (χ1) is 10.5. The predicted octanol–water partition coefficient (Wildman–Crippen LogP) is 2.58. The zero-order valence-electron chi connectivity index (χ0n) is 13.7. The van der Waals surface area contributed by atoms with E-state index in [0.29, 0.717) is 6.54 Å². The van der Waals surface area contributed by atoms with Crippen molar-refractivity contribution in [2.24, 2.45) is 5.92 Å².